The third-order valence-corrected chi connectivity index (χ3v) is 3.51. The monoisotopic (exact) mass is 233 g/mol. The van der Waals surface area contributed by atoms with E-state index >= 15 is 0 Å². The van der Waals surface area contributed by atoms with Gasteiger partial charge in [-0.3, -0.25) is 4.79 Å². The molecule has 0 radical (unpaired) electrons. The molecule has 0 spiro atoms. The first-order valence-electron chi connectivity index (χ1n) is 6.10. The van der Waals surface area contributed by atoms with Crippen molar-refractivity contribution in [2.75, 3.05) is 19.0 Å². The molecule has 3 heteroatoms. The third kappa shape index (κ3) is 2.60. The van der Waals surface area contributed by atoms with Gasteiger partial charge in [0.2, 0.25) is 0 Å². The molecule has 1 N–H and O–H groups in total. The lowest BCUT2D eigenvalue weighted by Gasteiger charge is -2.26. The van der Waals surface area contributed by atoms with Crippen LogP contribution >= 0.6 is 0 Å². The van der Waals surface area contributed by atoms with E-state index in [1.54, 1.807) is 0 Å². The molecule has 0 fully saturated rings. The molecule has 1 unspecified atom stereocenters. The zero-order chi connectivity index (χ0) is 12.4. The number of carboxylic acids is 1. The zero-order valence-electron chi connectivity index (χ0n) is 10.4. The SMILES string of the molecule is CN(C)c1ccc2c(c1)C(CC(=O)O)CCC2. The highest BCUT2D eigenvalue weighted by atomic mass is 16.4. The van der Waals surface area contributed by atoms with Crippen molar-refractivity contribution in [1.29, 1.82) is 0 Å². The number of benzene rings is 1. The Morgan fingerprint density at radius 2 is 2.24 bits per heavy atom. The Labute approximate surface area is 102 Å². The van der Waals surface area contributed by atoms with Crippen molar-refractivity contribution in [3.63, 3.8) is 0 Å². The lowest BCUT2D eigenvalue weighted by molar-refractivity contribution is -0.137. The predicted molar refractivity (Wildman–Crippen MR) is 68.7 cm³/mol. The van der Waals surface area contributed by atoms with Gasteiger partial charge < -0.3 is 10.0 Å². The maximum absolute atomic E-state index is 10.9. The molecule has 17 heavy (non-hydrogen) atoms. The highest BCUT2D eigenvalue weighted by Gasteiger charge is 2.22. The van der Waals surface area contributed by atoms with Crippen LogP contribution < -0.4 is 4.90 Å². The first-order chi connectivity index (χ1) is 8.08. The molecule has 0 heterocycles. The summed E-state index contributed by atoms with van der Waals surface area (Å²) in [7, 11) is 4.02. The minimum absolute atomic E-state index is 0.191. The second kappa shape index (κ2) is 4.78. The number of anilines is 1. The van der Waals surface area contributed by atoms with Crippen LogP contribution in [0.2, 0.25) is 0 Å². The molecule has 0 amide bonds. The topological polar surface area (TPSA) is 40.5 Å². The average molecular weight is 233 g/mol. The molecule has 2 rings (SSSR count). The van der Waals surface area contributed by atoms with Crippen molar-refractivity contribution in [1.82, 2.24) is 0 Å². The molecular weight excluding hydrogens is 214 g/mol. The van der Waals surface area contributed by atoms with Gasteiger partial charge in [-0.25, -0.2) is 0 Å². The third-order valence-electron chi connectivity index (χ3n) is 3.51. The van der Waals surface area contributed by atoms with Crippen molar-refractivity contribution in [2.45, 2.75) is 31.6 Å². The van der Waals surface area contributed by atoms with Gasteiger partial charge in [0.1, 0.15) is 0 Å². The van der Waals surface area contributed by atoms with Gasteiger partial charge >= 0.3 is 5.97 Å². The molecule has 3 nitrogen and oxygen atoms in total. The van der Waals surface area contributed by atoms with Crippen LogP contribution in [0, 0.1) is 0 Å². The number of hydrogen-bond donors (Lipinski definition) is 1. The van der Waals surface area contributed by atoms with Crippen LogP contribution in [0.5, 0.6) is 0 Å². The normalized spacial score (nSPS) is 18.6. The lowest BCUT2D eigenvalue weighted by atomic mass is 9.81. The largest absolute Gasteiger partial charge is 0.481 e. The van der Waals surface area contributed by atoms with Crippen LogP contribution in [-0.4, -0.2) is 25.2 Å². The minimum atomic E-state index is -0.696. The molecule has 0 saturated heterocycles. The molecule has 1 aromatic carbocycles. The number of carboxylic acid groups (broad SMARTS) is 1. The molecule has 0 saturated carbocycles. The van der Waals surface area contributed by atoms with Crippen molar-refractivity contribution >= 4 is 11.7 Å². The summed E-state index contributed by atoms with van der Waals surface area (Å²) < 4.78 is 0. The van der Waals surface area contributed by atoms with E-state index in [9.17, 15) is 4.79 Å². The van der Waals surface area contributed by atoms with Crippen molar-refractivity contribution in [2.24, 2.45) is 0 Å². The maximum Gasteiger partial charge on any atom is 0.303 e. The van der Waals surface area contributed by atoms with Crippen LogP contribution in [0.3, 0.4) is 0 Å². The number of aryl methyl sites for hydroxylation is 1. The summed E-state index contributed by atoms with van der Waals surface area (Å²) in [5, 5.41) is 8.96. The fourth-order valence-electron chi connectivity index (χ4n) is 2.59. The van der Waals surface area contributed by atoms with Gasteiger partial charge in [0.05, 0.1) is 6.42 Å². The number of hydrogen-bond acceptors (Lipinski definition) is 2. The van der Waals surface area contributed by atoms with E-state index in [4.69, 9.17) is 5.11 Å². The van der Waals surface area contributed by atoms with E-state index < -0.39 is 5.97 Å². The summed E-state index contributed by atoms with van der Waals surface area (Å²) in [4.78, 5) is 12.9. The smallest absolute Gasteiger partial charge is 0.303 e. The van der Waals surface area contributed by atoms with Gasteiger partial charge in [0.25, 0.3) is 0 Å². The lowest BCUT2D eigenvalue weighted by Crippen LogP contribution is -2.15. The van der Waals surface area contributed by atoms with Crippen LogP contribution in [0.25, 0.3) is 0 Å². The Kier molecular flexibility index (Phi) is 3.36. The number of aliphatic carboxylic acids is 1. The van der Waals surface area contributed by atoms with Gasteiger partial charge in [-0.2, -0.15) is 0 Å². The molecule has 1 aliphatic rings. The molecule has 1 aliphatic carbocycles. The summed E-state index contributed by atoms with van der Waals surface area (Å²) in [5.41, 5.74) is 3.72. The first kappa shape index (κ1) is 12.0. The molecule has 92 valence electrons. The van der Waals surface area contributed by atoms with Crippen molar-refractivity contribution in [3.8, 4) is 0 Å². The summed E-state index contributed by atoms with van der Waals surface area (Å²) in [6.07, 6.45) is 3.44. The molecule has 0 aromatic heterocycles. The van der Waals surface area contributed by atoms with Gasteiger partial charge in [0.15, 0.2) is 0 Å². The number of nitrogens with zero attached hydrogens (tertiary/aromatic N) is 1. The van der Waals surface area contributed by atoms with E-state index in [-0.39, 0.29) is 12.3 Å². The Bertz CT molecular complexity index is 426. The minimum Gasteiger partial charge on any atom is -0.481 e. The second-order valence-corrected chi connectivity index (χ2v) is 4.96. The van der Waals surface area contributed by atoms with Crippen molar-refractivity contribution in [3.05, 3.63) is 29.3 Å². The highest BCUT2D eigenvalue weighted by molar-refractivity contribution is 5.68. The Balaban J connectivity index is 2.33. The van der Waals surface area contributed by atoms with Crippen LogP contribution in [0.4, 0.5) is 5.69 Å². The second-order valence-electron chi connectivity index (χ2n) is 4.96. The standard InChI is InChI=1S/C14H19NO2/c1-15(2)12-7-6-10-4-3-5-11(8-14(16)17)13(10)9-12/h6-7,9,11H,3-5,8H2,1-2H3,(H,16,17). The maximum atomic E-state index is 10.9. The quantitative estimate of drug-likeness (QED) is 0.872. The van der Waals surface area contributed by atoms with E-state index in [1.807, 2.05) is 14.1 Å². The van der Waals surface area contributed by atoms with Crippen LogP contribution in [0.1, 0.15) is 36.3 Å². The Morgan fingerprint density at radius 3 is 2.88 bits per heavy atom. The zero-order valence-corrected chi connectivity index (χ0v) is 10.4. The fourth-order valence-corrected chi connectivity index (χ4v) is 2.59. The summed E-state index contributed by atoms with van der Waals surface area (Å²) in [6.45, 7) is 0. The van der Waals surface area contributed by atoms with Crippen LogP contribution in [-0.2, 0) is 11.2 Å². The van der Waals surface area contributed by atoms with Crippen LogP contribution in [0.15, 0.2) is 18.2 Å². The molecule has 1 atom stereocenters. The Morgan fingerprint density at radius 1 is 1.47 bits per heavy atom. The Hall–Kier alpha value is -1.51. The van der Waals surface area contributed by atoms with E-state index in [2.05, 4.69) is 23.1 Å². The number of fused-ring (bicyclic) bond motifs is 1. The van der Waals surface area contributed by atoms with Gasteiger partial charge in [0, 0.05) is 19.8 Å². The molecular formula is C14H19NO2. The average Bonchev–Trinajstić information content (AvgIpc) is 2.28. The summed E-state index contributed by atoms with van der Waals surface area (Å²) >= 11 is 0. The van der Waals surface area contributed by atoms with Crippen molar-refractivity contribution < 1.29 is 9.90 Å². The number of carbonyl (C=O) groups is 1. The highest BCUT2D eigenvalue weighted by Crippen LogP contribution is 2.35. The molecule has 1 aromatic rings. The van der Waals surface area contributed by atoms with Gasteiger partial charge in [-0.1, -0.05) is 6.07 Å². The predicted octanol–water partition coefficient (Wildman–Crippen LogP) is 2.65. The van der Waals surface area contributed by atoms with E-state index in [0.717, 1.165) is 24.9 Å². The number of rotatable bonds is 3. The van der Waals surface area contributed by atoms with E-state index in [0.29, 0.717) is 0 Å². The first-order valence-corrected chi connectivity index (χ1v) is 6.10. The van der Waals surface area contributed by atoms with Gasteiger partial charge in [-0.15, -0.1) is 0 Å². The van der Waals surface area contributed by atoms with E-state index in [1.165, 1.54) is 11.1 Å². The van der Waals surface area contributed by atoms with Gasteiger partial charge in [-0.05, 0) is 48.4 Å². The summed E-state index contributed by atoms with van der Waals surface area (Å²) in [5.74, 6) is -0.505. The fraction of sp³-hybridized carbons (Fsp3) is 0.500. The molecule has 0 aliphatic heterocycles. The summed E-state index contributed by atoms with van der Waals surface area (Å²) in [6, 6.07) is 6.42. The molecule has 0 bridgehead atoms.